The number of aromatic nitrogens is 1. The van der Waals surface area contributed by atoms with Gasteiger partial charge in [0.2, 0.25) is 15.9 Å². The quantitative estimate of drug-likeness (QED) is 0.894. The molecule has 0 spiro atoms. The third-order valence-electron chi connectivity index (χ3n) is 3.78. The van der Waals surface area contributed by atoms with Crippen molar-refractivity contribution in [2.45, 2.75) is 33.2 Å². The summed E-state index contributed by atoms with van der Waals surface area (Å²) >= 11 is 1.59. The van der Waals surface area contributed by atoms with Gasteiger partial charge in [0.25, 0.3) is 0 Å². The molecule has 0 saturated carbocycles. The van der Waals surface area contributed by atoms with Crippen LogP contribution >= 0.6 is 11.3 Å². The molecular weight excluding hydrogens is 310 g/mol. The third-order valence-corrected chi connectivity index (χ3v) is 6.16. The van der Waals surface area contributed by atoms with Crippen LogP contribution in [-0.4, -0.2) is 43.0 Å². The predicted octanol–water partition coefficient (Wildman–Crippen LogP) is 1.05. The van der Waals surface area contributed by atoms with E-state index in [0.29, 0.717) is 32.5 Å². The van der Waals surface area contributed by atoms with Crippen LogP contribution in [0.5, 0.6) is 0 Å². The fourth-order valence-electron chi connectivity index (χ4n) is 2.37. The van der Waals surface area contributed by atoms with Crippen molar-refractivity contribution in [2.75, 3.05) is 19.3 Å². The van der Waals surface area contributed by atoms with Crippen molar-refractivity contribution < 1.29 is 13.2 Å². The predicted molar refractivity (Wildman–Crippen MR) is 82.6 cm³/mol. The minimum atomic E-state index is -3.14. The van der Waals surface area contributed by atoms with Crippen LogP contribution in [0.1, 0.15) is 28.4 Å². The molecule has 0 unspecified atom stereocenters. The van der Waals surface area contributed by atoms with Gasteiger partial charge in [-0.2, -0.15) is 0 Å². The number of hydrogen-bond donors (Lipinski definition) is 1. The van der Waals surface area contributed by atoms with Gasteiger partial charge in [0.05, 0.1) is 18.5 Å². The van der Waals surface area contributed by atoms with Crippen molar-refractivity contribution in [3.05, 3.63) is 15.6 Å². The van der Waals surface area contributed by atoms with Crippen LogP contribution in [0.15, 0.2) is 0 Å². The Kier molecular flexibility index (Phi) is 5.00. The first-order chi connectivity index (χ1) is 9.77. The van der Waals surface area contributed by atoms with Crippen LogP contribution < -0.4 is 5.32 Å². The van der Waals surface area contributed by atoms with Crippen LogP contribution in [-0.2, 0) is 21.4 Å². The maximum absolute atomic E-state index is 12.1. The van der Waals surface area contributed by atoms with Crippen molar-refractivity contribution in [1.82, 2.24) is 14.6 Å². The first-order valence-electron chi connectivity index (χ1n) is 6.93. The largest absolute Gasteiger partial charge is 0.349 e. The van der Waals surface area contributed by atoms with E-state index in [1.807, 2.05) is 13.8 Å². The molecule has 21 heavy (non-hydrogen) atoms. The minimum Gasteiger partial charge on any atom is -0.349 e. The summed E-state index contributed by atoms with van der Waals surface area (Å²) in [5, 5.41) is 3.81. The summed E-state index contributed by atoms with van der Waals surface area (Å²) < 4.78 is 24.3. The smallest absolute Gasteiger partial charge is 0.223 e. The number of carbonyl (C=O) groups is 1. The summed E-state index contributed by atoms with van der Waals surface area (Å²) in [5.74, 6) is -0.112. The molecular formula is C13H21N3O3S2. The molecule has 1 aliphatic heterocycles. The Labute approximate surface area is 129 Å². The lowest BCUT2D eigenvalue weighted by molar-refractivity contribution is -0.126. The first-order valence-corrected chi connectivity index (χ1v) is 9.59. The molecule has 118 valence electrons. The molecule has 2 heterocycles. The van der Waals surface area contributed by atoms with Gasteiger partial charge in [0.1, 0.15) is 5.01 Å². The minimum absolute atomic E-state index is 0.00587. The molecule has 0 radical (unpaired) electrons. The number of thiazole rings is 1. The third kappa shape index (κ3) is 4.24. The van der Waals surface area contributed by atoms with Gasteiger partial charge in [-0.1, -0.05) is 0 Å². The highest BCUT2D eigenvalue weighted by molar-refractivity contribution is 7.88. The zero-order chi connectivity index (χ0) is 15.6. The SMILES string of the molecule is Cc1nc(CNC(=O)C2CCN(S(C)(=O)=O)CC2)sc1C. The molecule has 0 bridgehead atoms. The van der Waals surface area contributed by atoms with Gasteiger partial charge in [-0.15, -0.1) is 11.3 Å². The van der Waals surface area contributed by atoms with Gasteiger partial charge in [0.15, 0.2) is 0 Å². The van der Waals surface area contributed by atoms with Crippen molar-refractivity contribution >= 4 is 27.3 Å². The van der Waals surface area contributed by atoms with Crippen LogP contribution in [0.2, 0.25) is 0 Å². The second kappa shape index (κ2) is 6.41. The zero-order valence-corrected chi connectivity index (χ0v) is 14.2. The van der Waals surface area contributed by atoms with Crippen molar-refractivity contribution in [3.8, 4) is 0 Å². The van der Waals surface area contributed by atoms with Gasteiger partial charge in [0, 0.05) is 23.9 Å². The number of piperidine rings is 1. The van der Waals surface area contributed by atoms with E-state index in [4.69, 9.17) is 0 Å². The highest BCUT2D eigenvalue weighted by Crippen LogP contribution is 2.20. The maximum atomic E-state index is 12.1. The first kappa shape index (κ1) is 16.4. The van der Waals surface area contributed by atoms with E-state index < -0.39 is 10.0 Å². The van der Waals surface area contributed by atoms with E-state index in [0.717, 1.165) is 10.7 Å². The molecule has 0 atom stereocenters. The van der Waals surface area contributed by atoms with Crippen molar-refractivity contribution in [1.29, 1.82) is 0 Å². The Morgan fingerprint density at radius 2 is 2.00 bits per heavy atom. The molecule has 1 aliphatic rings. The maximum Gasteiger partial charge on any atom is 0.223 e. The lowest BCUT2D eigenvalue weighted by Gasteiger charge is -2.29. The summed E-state index contributed by atoms with van der Waals surface area (Å²) in [6.07, 6.45) is 2.37. The highest BCUT2D eigenvalue weighted by atomic mass is 32.2. The Hall–Kier alpha value is -0.990. The Morgan fingerprint density at radius 3 is 2.48 bits per heavy atom. The monoisotopic (exact) mass is 331 g/mol. The Bertz CT molecular complexity index is 597. The molecule has 1 fully saturated rings. The van der Waals surface area contributed by atoms with Crippen molar-refractivity contribution in [3.63, 3.8) is 0 Å². The van der Waals surface area contributed by atoms with Crippen LogP contribution in [0.25, 0.3) is 0 Å². The van der Waals surface area contributed by atoms with Gasteiger partial charge >= 0.3 is 0 Å². The summed E-state index contributed by atoms with van der Waals surface area (Å²) in [6, 6.07) is 0. The molecule has 6 nitrogen and oxygen atoms in total. The number of nitrogens with one attached hydrogen (secondary N) is 1. The van der Waals surface area contributed by atoms with E-state index in [-0.39, 0.29) is 11.8 Å². The van der Waals surface area contributed by atoms with Gasteiger partial charge in [-0.25, -0.2) is 17.7 Å². The lowest BCUT2D eigenvalue weighted by Crippen LogP contribution is -2.42. The molecule has 2 rings (SSSR count). The fraction of sp³-hybridized carbons (Fsp3) is 0.692. The molecule has 1 amide bonds. The van der Waals surface area contributed by atoms with Crippen LogP contribution in [0, 0.1) is 19.8 Å². The summed E-state index contributed by atoms with van der Waals surface area (Å²) in [4.78, 5) is 17.7. The summed E-state index contributed by atoms with van der Waals surface area (Å²) in [7, 11) is -3.14. The van der Waals surface area contributed by atoms with E-state index in [2.05, 4.69) is 10.3 Å². The normalized spacial score (nSPS) is 17.9. The number of sulfonamides is 1. The number of carbonyl (C=O) groups excluding carboxylic acids is 1. The Morgan fingerprint density at radius 1 is 1.38 bits per heavy atom. The number of nitrogens with zero attached hydrogens (tertiary/aromatic N) is 2. The fourth-order valence-corrected chi connectivity index (χ4v) is 4.12. The van der Waals surface area contributed by atoms with E-state index in [9.17, 15) is 13.2 Å². The average molecular weight is 331 g/mol. The molecule has 1 saturated heterocycles. The number of rotatable bonds is 4. The zero-order valence-electron chi connectivity index (χ0n) is 12.5. The average Bonchev–Trinajstić information content (AvgIpc) is 2.74. The summed E-state index contributed by atoms with van der Waals surface area (Å²) in [5.41, 5.74) is 1.01. The molecule has 1 aromatic heterocycles. The van der Waals surface area contributed by atoms with Gasteiger partial charge < -0.3 is 5.32 Å². The molecule has 1 aromatic rings. The summed E-state index contributed by atoms with van der Waals surface area (Å²) in [6.45, 7) is 5.26. The number of amides is 1. The molecule has 0 aliphatic carbocycles. The highest BCUT2D eigenvalue weighted by Gasteiger charge is 2.28. The topological polar surface area (TPSA) is 79.4 Å². The molecule has 8 heteroatoms. The van der Waals surface area contributed by atoms with E-state index >= 15 is 0 Å². The van der Waals surface area contributed by atoms with Crippen LogP contribution in [0.4, 0.5) is 0 Å². The number of hydrogen-bond acceptors (Lipinski definition) is 5. The number of aryl methyl sites for hydroxylation is 2. The van der Waals surface area contributed by atoms with E-state index in [1.54, 1.807) is 11.3 Å². The standard InChI is InChI=1S/C13H21N3O3S2/c1-9-10(2)20-12(15-9)8-14-13(17)11-4-6-16(7-5-11)21(3,18)19/h11H,4-8H2,1-3H3,(H,14,17). The second-order valence-electron chi connectivity index (χ2n) is 5.40. The molecule has 1 N–H and O–H groups in total. The Balaban J connectivity index is 1.82. The van der Waals surface area contributed by atoms with Crippen LogP contribution in [0.3, 0.4) is 0 Å². The van der Waals surface area contributed by atoms with Gasteiger partial charge in [-0.3, -0.25) is 4.79 Å². The van der Waals surface area contributed by atoms with Gasteiger partial charge in [-0.05, 0) is 26.7 Å². The lowest BCUT2D eigenvalue weighted by atomic mass is 9.97. The van der Waals surface area contributed by atoms with E-state index in [1.165, 1.54) is 15.4 Å². The van der Waals surface area contributed by atoms with Crippen molar-refractivity contribution in [2.24, 2.45) is 5.92 Å². The molecule has 0 aromatic carbocycles. The second-order valence-corrected chi connectivity index (χ2v) is 8.67.